The number of anilines is 1. The minimum absolute atomic E-state index is 0.0267. The van der Waals surface area contributed by atoms with E-state index in [1.807, 2.05) is 0 Å². The van der Waals surface area contributed by atoms with Crippen molar-refractivity contribution >= 4 is 17.6 Å². The number of esters is 1. The number of aliphatic hydroxyl groups excluding tert-OH is 1. The Morgan fingerprint density at radius 3 is 2.90 bits per heavy atom. The molecule has 1 aliphatic heterocycles. The molecule has 1 aromatic carbocycles. The Bertz CT molecular complexity index is 532. The lowest BCUT2D eigenvalue weighted by Gasteiger charge is -2.19. The van der Waals surface area contributed by atoms with Crippen molar-refractivity contribution in [1.29, 1.82) is 0 Å². The monoisotopic (exact) mass is 281 g/mol. The third kappa shape index (κ3) is 2.80. The Morgan fingerprint density at radius 1 is 1.55 bits per heavy atom. The number of carbonyl (C=O) groups is 2. The highest BCUT2D eigenvalue weighted by atomic mass is 19.1. The molecule has 0 bridgehead atoms. The molecule has 108 valence electrons. The molecule has 20 heavy (non-hydrogen) atoms. The number of nitrogens with zero attached hydrogens (tertiary/aromatic N) is 1. The number of amides is 1. The maximum Gasteiger partial charge on any atom is 0.340 e. The molecule has 0 saturated carbocycles. The highest BCUT2D eigenvalue weighted by Gasteiger charge is 2.32. The van der Waals surface area contributed by atoms with E-state index in [1.165, 1.54) is 17.0 Å². The summed E-state index contributed by atoms with van der Waals surface area (Å²) < 4.78 is 18.2. The summed E-state index contributed by atoms with van der Waals surface area (Å²) >= 11 is 0. The zero-order chi connectivity index (χ0) is 14.7. The summed E-state index contributed by atoms with van der Waals surface area (Å²) in [7, 11) is 0. The molecule has 1 N–H and O–H groups in total. The average Bonchev–Trinajstić information content (AvgIpc) is 2.80. The van der Waals surface area contributed by atoms with E-state index in [0.29, 0.717) is 12.2 Å². The van der Waals surface area contributed by atoms with Gasteiger partial charge in [-0.2, -0.15) is 0 Å². The van der Waals surface area contributed by atoms with Crippen LogP contribution in [-0.2, 0) is 9.53 Å². The molecule has 6 heteroatoms. The summed E-state index contributed by atoms with van der Waals surface area (Å²) in [6.07, 6.45) is 0.218. The lowest BCUT2D eigenvalue weighted by atomic mass is 10.1. The van der Waals surface area contributed by atoms with Gasteiger partial charge in [-0.3, -0.25) is 4.79 Å². The number of hydrogen-bond donors (Lipinski definition) is 1. The zero-order valence-corrected chi connectivity index (χ0v) is 11.1. The van der Waals surface area contributed by atoms with Crippen LogP contribution in [0.4, 0.5) is 10.1 Å². The largest absolute Gasteiger partial charge is 0.462 e. The lowest BCUT2D eigenvalue weighted by molar-refractivity contribution is -0.117. The smallest absolute Gasteiger partial charge is 0.340 e. The van der Waals surface area contributed by atoms with Crippen molar-refractivity contribution in [3.63, 3.8) is 0 Å². The molecule has 1 heterocycles. The van der Waals surface area contributed by atoms with Gasteiger partial charge < -0.3 is 14.7 Å². The number of benzene rings is 1. The molecule has 1 amide bonds. The van der Waals surface area contributed by atoms with Gasteiger partial charge in [0.25, 0.3) is 0 Å². The molecule has 1 unspecified atom stereocenters. The Hall–Kier alpha value is -1.95. The highest BCUT2D eigenvalue weighted by Crippen LogP contribution is 2.29. The van der Waals surface area contributed by atoms with E-state index >= 15 is 0 Å². The van der Waals surface area contributed by atoms with Crippen LogP contribution >= 0.6 is 0 Å². The predicted molar refractivity (Wildman–Crippen MR) is 69.9 cm³/mol. The van der Waals surface area contributed by atoms with E-state index < -0.39 is 11.8 Å². The molecule has 0 aliphatic carbocycles. The molecule has 0 spiro atoms. The molecule has 0 aromatic heterocycles. The Morgan fingerprint density at radius 2 is 2.30 bits per heavy atom. The summed E-state index contributed by atoms with van der Waals surface area (Å²) in [6, 6.07) is 3.64. The second kappa shape index (κ2) is 6.00. The number of rotatable bonds is 4. The molecule has 1 saturated heterocycles. The van der Waals surface area contributed by atoms with Gasteiger partial charge in [-0.15, -0.1) is 0 Å². The topological polar surface area (TPSA) is 66.8 Å². The van der Waals surface area contributed by atoms with Crippen LogP contribution in [-0.4, -0.2) is 36.7 Å². The van der Waals surface area contributed by atoms with Crippen molar-refractivity contribution in [2.75, 3.05) is 24.7 Å². The minimum Gasteiger partial charge on any atom is -0.462 e. The average molecular weight is 281 g/mol. The number of hydrogen-bond acceptors (Lipinski definition) is 4. The fraction of sp³-hybridized carbons (Fsp3) is 0.429. The maximum atomic E-state index is 13.3. The summed E-state index contributed by atoms with van der Waals surface area (Å²) in [6.45, 7) is 2.03. The van der Waals surface area contributed by atoms with Gasteiger partial charge in [0, 0.05) is 25.5 Å². The molecule has 1 fully saturated rings. The fourth-order valence-electron chi connectivity index (χ4n) is 2.25. The molecular weight excluding hydrogens is 265 g/mol. The van der Waals surface area contributed by atoms with Crippen molar-refractivity contribution in [2.45, 2.75) is 13.3 Å². The molecule has 1 aromatic rings. The van der Waals surface area contributed by atoms with Gasteiger partial charge in [0.1, 0.15) is 5.82 Å². The summed E-state index contributed by atoms with van der Waals surface area (Å²) in [5, 5.41) is 9.12. The quantitative estimate of drug-likeness (QED) is 0.846. The number of carbonyl (C=O) groups excluding carboxylic acids is 2. The van der Waals surface area contributed by atoms with Crippen LogP contribution < -0.4 is 4.90 Å². The Balaban J connectivity index is 2.36. The maximum absolute atomic E-state index is 13.3. The van der Waals surface area contributed by atoms with Crippen LogP contribution in [0.5, 0.6) is 0 Å². The van der Waals surface area contributed by atoms with Gasteiger partial charge in [0.15, 0.2) is 0 Å². The van der Waals surface area contributed by atoms with E-state index in [-0.39, 0.29) is 37.0 Å². The molecule has 5 nitrogen and oxygen atoms in total. The van der Waals surface area contributed by atoms with Crippen molar-refractivity contribution in [3.8, 4) is 0 Å². The van der Waals surface area contributed by atoms with Gasteiger partial charge in [-0.1, -0.05) is 0 Å². The van der Waals surface area contributed by atoms with Gasteiger partial charge in [-0.05, 0) is 25.1 Å². The number of halogens is 1. The third-order valence-electron chi connectivity index (χ3n) is 3.21. The first-order chi connectivity index (χ1) is 9.56. The second-order valence-corrected chi connectivity index (χ2v) is 4.64. The van der Waals surface area contributed by atoms with E-state index in [1.54, 1.807) is 6.92 Å². The molecule has 0 radical (unpaired) electrons. The number of aliphatic hydroxyl groups is 1. The van der Waals surface area contributed by atoms with Crippen molar-refractivity contribution < 1.29 is 23.8 Å². The first-order valence-electron chi connectivity index (χ1n) is 6.44. The highest BCUT2D eigenvalue weighted by molar-refractivity contribution is 6.03. The van der Waals surface area contributed by atoms with Crippen molar-refractivity contribution in [2.24, 2.45) is 5.92 Å². The van der Waals surface area contributed by atoms with Crippen molar-refractivity contribution in [3.05, 3.63) is 29.6 Å². The molecule has 1 aliphatic rings. The van der Waals surface area contributed by atoms with Crippen LogP contribution in [0.15, 0.2) is 18.2 Å². The van der Waals surface area contributed by atoms with Crippen LogP contribution in [0.3, 0.4) is 0 Å². The standard InChI is InChI=1S/C14H16FNO4/c1-2-20-14(19)11-6-10(15)3-4-12(11)16-7-9(8-17)5-13(16)18/h3-4,6,9,17H,2,5,7-8H2,1H3. The van der Waals surface area contributed by atoms with Gasteiger partial charge in [0.2, 0.25) is 5.91 Å². The predicted octanol–water partition coefficient (Wildman–Crippen LogP) is 1.35. The SMILES string of the molecule is CCOC(=O)c1cc(F)ccc1N1CC(CO)CC1=O. The van der Waals surface area contributed by atoms with Crippen LogP contribution in [0.1, 0.15) is 23.7 Å². The van der Waals surface area contributed by atoms with Crippen LogP contribution in [0, 0.1) is 11.7 Å². The van der Waals surface area contributed by atoms with Gasteiger partial charge in [-0.25, -0.2) is 9.18 Å². The summed E-state index contributed by atoms with van der Waals surface area (Å²) in [5.74, 6) is -1.59. The molecule has 2 rings (SSSR count). The molecular formula is C14H16FNO4. The summed E-state index contributed by atoms with van der Waals surface area (Å²) in [5.41, 5.74) is 0.351. The van der Waals surface area contributed by atoms with E-state index in [0.717, 1.165) is 6.07 Å². The Kier molecular flexibility index (Phi) is 4.34. The van der Waals surface area contributed by atoms with Crippen LogP contribution in [0.25, 0.3) is 0 Å². The van der Waals surface area contributed by atoms with Crippen LogP contribution in [0.2, 0.25) is 0 Å². The minimum atomic E-state index is -0.665. The van der Waals surface area contributed by atoms with Crippen molar-refractivity contribution in [1.82, 2.24) is 0 Å². The Labute approximate surface area is 116 Å². The van der Waals surface area contributed by atoms with E-state index in [4.69, 9.17) is 9.84 Å². The fourth-order valence-corrected chi connectivity index (χ4v) is 2.25. The first kappa shape index (κ1) is 14.5. The number of ether oxygens (including phenoxy) is 1. The van der Waals surface area contributed by atoms with E-state index in [9.17, 15) is 14.0 Å². The van der Waals surface area contributed by atoms with E-state index in [2.05, 4.69) is 0 Å². The normalized spacial score (nSPS) is 18.4. The molecule has 1 atom stereocenters. The first-order valence-corrected chi connectivity index (χ1v) is 6.44. The van der Waals surface area contributed by atoms with Gasteiger partial charge in [0.05, 0.1) is 17.9 Å². The summed E-state index contributed by atoms with van der Waals surface area (Å²) in [4.78, 5) is 25.2. The van der Waals surface area contributed by atoms with Gasteiger partial charge >= 0.3 is 5.97 Å². The zero-order valence-electron chi connectivity index (χ0n) is 11.1. The second-order valence-electron chi connectivity index (χ2n) is 4.64. The lowest BCUT2D eigenvalue weighted by Crippen LogP contribution is -2.27. The third-order valence-corrected chi connectivity index (χ3v) is 3.21.